The molecule has 0 saturated carbocycles. The number of aromatic nitrogens is 1. The molecule has 0 bridgehead atoms. The molecule has 0 aliphatic carbocycles. The Balaban J connectivity index is 2.21. The third-order valence-electron chi connectivity index (χ3n) is 2.41. The van der Waals surface area contributed by atoms with Crippen LogP contribution in [0.5, 0.6) is 0 Å². The summed E-state index contributed by atoms with van der Waals surface area (Å²) in [7, 11) is 3.81. The molecule has 1 heterocycles. The second-order valence-electron chi connectivity index (χ2n) is 3.91. The summed E-state index contributed by atoms with van der Waals surface area (Å²) in [5, 5.41) is 3.32. The fourth-order valence-corrected chi connectivity index (χ4v) is 1.82. The number of hydrogen-bond acceptors (Lipinski definition) is 4. The molecule has 17 heavy (non-hydrogen) atoms. The van der Waals surface area contributed by atoms with E-state index in [1.165, 1.54) is 0 Å². The third kappa shape index (κ3) is 6.12. The maximum atomic E-state index is 4.97. The van der Waals surface area contributed by atoms with Crippen LogP contribution in [-0.4, -0.2) is 50.3 Å². The summed E-state index contributed by atoms with van der Waals surface area (Å²) in [6, 6.07) is 3.95. The van der Waals surface area contributed by atoms with Crippen LogP contribution in [0.15, 0.2) is 22.8 Å². The van der Waals surface area contributed by atoms with Gasteiger partial charge in [-0.15, -0.1) is 0 Å². The van der Waals surface area contributed by atoms with Gasteiger partial charge in [0.05, 0.1) is 12.3 Å². The molecular formula is C12H20BrN3O. The first-order chi connectivity index (χ1) is 8.24. The fourth-order valence-electron chi connectivity index (χ4n) is 1.44. The number of nitrogens with one attached hydrogen (secondary N) is 1. The minimum absolute atomic E-state index is 0.759. The normalized spacial score (nSPS) is 11.1. The van der Waals surface area contributed by atoms with E-state index in [0.29, 0.717) is 0 Å². The summed E-state index contributed by atoms with van der Waals surface area (Å²) in [5.41, 5.74) is 1.08. The zero-order valence-corrected chi connectivity index (χ0v) is 12.0. The van der Waals surface area contributed by atoms with Crippen LogP contribution >= 0.6 is 15.9 Å². The van der Waals surface area contributed by atoms with Crippen molar-refractivity contribution in [3.8, 4) is 0 Å². The lowest BCUT2D eigenvalue weighted by Gasteiger charge is -2.17. The van der Waals surface area contributed by atoms with Crippen LogP contribution in [0.3, 0.4) is 0 Å². The van der Waals surface area contributed by atoms with E-state index in [2.05, 4.69) is 38.2 Å². The first kappa shape index (κ1) is 14.6. The quantitative estimate of drug-likeness (QED) is 0.739. The van der Waals surface area contributed by atoms with Gasteiger partial charge in [-0.3, -0.25) is 9.88 Å². The molecule has 0 amide bonds. The van der Waals surface area contributed by atoms with Crippen LogP contribution < -0.4 is 5.32 Å². The lowest BCUT2D eigenvalue weighted by Crippen LogP contribution is -2.30. The SMILES string of the molecule is COCCNCCN(C)Cc1ncccc1Br. The van der Waals surface area contributed by atoms with Crippen molar-refractivity contribution in [1.82, 2.24) is 15.2 Å². The number of pyridine rings is 1. The Hall–Kier alpha value is -0.490. The highest BCUT2D eigenvalue weighted by Gasteiger charge is 2.04. The molecule has 4 nitrogen and oxygen atoms in total. The van der Waals surface area contributed by atoms with Crippen molar-refractivity contribution in [2.75, 3.05) is 40.4 Å². The van der Waals surface area contributed by atoms with Gasteiger partial charge in [-0.2, -0.15) is 0 Å². The molecule has 1 aromatic rings. The Morgan fingerprint density at radius 2 is 2.29 bits per heavy atom. The van der Waals surface area contributed by atoms with Crippen LogP contribution in [0.25, 0.3) is 0 Å². The molecule has 0 atom stereocenters. The molecule has 0 aromatic carbocycles. The van der Waals surface area contributed by atoms with Gasteiger partial charge in [0, 0.05) is 44.0 Å². The summed E-state index contributed by atoms with van der Waals surface area (Å²) in [6.07, 6.45) is 1.82. The van der Waals surface area contributed by atoms with Crippen molar-refractivity contribution >= 4 is 15.9 Å². The van der Waals surface area contributed by atoms with Crippen molar-refractivity contribution in [2.24, 2.45) is 0 Å². The predicted octanol–water partition coefficient (Wildman–Crippen LogP) is 1.51. The molecule has 0 aliphatic heterocycles. The molecule has 0 fully saturated rings. The lowest BCUT2D eigenvalue weighted by molar-refractivity contribution is 0.197. The van der Waals surface area contributed by atoms with Gasteiger partial charge in [-0.05, 0) is 35.1 Å². The summed E-state index contributed by atoms with van der Waals surface area (Å²) in [6.45, 7) is 4.47. The van der Waals surface area contributed by atoms with Gasteiger partial charge in [0.1, 0.15) is 0 Å². The molecule has 0 aliphatic rings. The number of nitrogens with zero attached hydrogens (tertiary/aromatic N) is 2. The number of methoxy groups -OCH3 is 1. The van der Waals surface area contributed by atoms with Crippen LogP contribution in [0.1, 0.15) is 5.69 Å². The van der Waals surface area contributed by atoms with Crippen molar-refractivity contribution in [3.63, 3.8) is 0 Å². The fraction of sp³-hybridized carbons (Fsp3) is 0.583. The smallest absolute Gasteiger partial charge is 0.0685 e. The van der Waals surface area contributed by atoms with Gasteiger partial charge in [0.2, 0.25) is 0 Å². The number of halogens is 1. The van der Waals surface area contributed by atoms with E-state index in [9.17, 15) is 0 Å². The minimum atomic E-state index is 0.759. The van der Waals surface area contributed by atoms with Crippen molar-refractivity contribution in [2.45, 2.75) is 6.54 Å². The average Bonchev–Trinajstić information content (AvgIpc) is 2.32. The van der Waals surface area contributed by atoms with Crippen LogP contribution in [0.2, 0.25) is 0 Å². The average molecular weight is 302 g/mol. The van der Waals surface area contributed by atoms with Crippen LogP contribution in [-0.2, 0) is 11.3 Å². The Bertz CT molecular complexity index is 322. The number of hydrogen-bond donors (Lipinski definition) is 1. The summed E-state index contributed by atoms with van der Waals surface area (Å²) >= 11 is 3.51. The zero-order valence-electron chi connectivity index (χ0n) is 10.4. The van der Waals surface area contributed by atoms with Crippen molar-refractivity contribution in [3.05, 3.63) is 28.5 Å². The van der Waals surface area contributed by atoms with E-state index in [1.54, 1.807) is 7.11 Å². The van der Waals surface area contributed by atoms with Crippen LogP contribution in [0, 0.1) is 0 Å². The van der Waals surface area contributed by atoms with Crippen molar-refractivity contribution in [1.29, 1.82) is 0 Å². The lowest BCUT2D eigenvalue weighted by atomic mass is 10.3. The highest BCUT2D eigenvalue weighted by molar-refractivity contribution is 9.10. The highest BCUT2D eigenvalue weighted by Crippen LogP contribution is 2.14. The summed E-state index contributed by atoms with van der Waals surface area (Å²) in [4.78, 5) is 6.59. The first-order valence-corrected chi connectivity index (χ1v) is 6.51. The Morgan fingerprint density at radius 3 is 3.00 bits per heavy atom. The second kappa shape index (κ2) is 8.58. The van der Waals surface area contributed by atoms with Gasteiger partial charge in [0.25, 0.3) is 0 Å². The topological polar surface area (TPSA) is 37.4 Å². The third-order valence-corrected chi connectivity index (χ3v) is 3.13. The molecule has 96 valence electrons. The molecule has 1 N–H and O–H groups in total. The van der Waals surface area contributed by atoms with Gasteiger partial charge < -0.3 is 10.1 Å². The molecule has 0 spiro atoms. The van der Waals surface area contributed by atoms with E-state index in [-0.39, 0.29) is 0 Å². The van der Waals surface area contributed by atoms with Gasteiger partial charge in [-0.25, -0.2) is 0 Å². The van der Waals surface area contributed by atoms with Crippen molar-refractivity contribution < 1.29 is 4.74 Å². The monoisotopic (exact) mass is 301 g/mol. The van der Waals surface area contributed by atoms with E-state index in [4.69, 9.17) is 4.74 Å². The molecule has 0 saturated heterocycles. The Kier molecular flexibility index (Phi) is 7.35. The standard InChI is InChI=1S/C12H20BrN3O/c1-16(8-6-14-7-9-17-2)10-12-11(13)4-3-5-15-12/h3-5,14H,6-10H2,1-2H3. The molecule has 0 radical (unpaired) electrons. The molecular weight excluding hydrogens is 282 g/mol. The van der Waals surface area contributed by atoms with Crippen LogP contribution in [0.4, 0.5) is 0 Å². The van der Waals surface area contributed by atoms with E-state index in [1.807, 2.05) is 18.3 Å². The summed E-state index contributed by atoms with van der Waals surface area (Å²) < 4.78 is 6.04. The number of likely N-dealkylation sites (N-methyl/N-ethyl adjacent to an activating group) is 1. The Labute approximate surface area is 111 Å². The maximum Gasteiger partial charge on any atom is 0.0685 e. The first-order valence-electron chi connectivity index (χ1n) is 5.71. The highest BCUT2D eigenvalue weighted by atomic mass is 79.9. The summed E-state index contributed by atoms with van der Waals surface area (Å²) in [5.74, 6) is 0. The second-order valence-corrected chi connectivity index (χ2v) is 4.77. The van der Waals surface area contributed by atoms with E-state index >= 15 is 0 Å². The molecule has 1 rings (SSSR count). The molecule has 0 unspecified atom stereocenters. The minimum Gasteiger partial charge on any atom is -0.383 e. The Morgan fingerprint density at radius 1 is 1.47 bits per heavy atom. The van der Waals surface area contributed by atoms with Gasteiger partial charge in [-0.1, -0.05) is 0 Å². The maximum absolute atomic E-state index is 4.97. The zero-order chi connectivity index (χ0) is 12.5. The van der Waals surface area contributed by atoms with Gasteiger partial charge in [0.15, 0.2) is 0 Å². The molecule has 1 aromatic heterocycles. The van der Waals surface area contributed by atoms with Gasteiger partial charge >= 0.3 is 0 Å². The van der Waals surface area contributed by atoms with E-state index < -0.39 is 0 Å². The number of ether oxygens (including phenoxy) is 1. The molecule has 5 heteroatoms. The predicted molar refractivity (Wildman–Crippen MR) is 73.0 cm³/mol. The van der Waals surface area contributed by atoms with E-state index in [0.717, 1.165) is 43.0 Å². The largest absolute Gasteiger partial charge is 0.383 e. The number of rotatable bonds is 8.